The molecule has 0 saturated carbocycles. The van der Waals surface area contributed by atoms with Crippen LogP contribution in [0.2, 0.25) is 0 Å². The summed E-state index contributed by atoms with van der Waals surface area (Å²) in [5.41, 5.74) is 0.490. The maximum Gasteiger partial charge on any atom is 0.255 e. The average molecular weight is 329 g/mol. The van der Waals surface area contributed by atoms with E-state index in [1.165, 1.54) is 12.1 Å². The lowest BCUT2D eigenvalue weighted by atomic mass is 9.89. The highest BCUT2D eigenvalue weighted by atomic mass is 79.9. The highest BCUT2D eigenvalue weighted by molar-refractivity contribution is 9.10. The fraction of sp³-hybridized carbons (Fsp3) is 0.500. The Kier molecular flexibility index (Phi) is 4.26. The summed E-state index contributed by atoms with van der Waals surface area (Å²) in [5.74, 6) is -0.492. The minimum absolute atomic E-state index is 0.0932. The van der Waals surface area contributed by atoms with Crippen molar-refractivity contribution in [3.8, 4) is 0 Å². The predicted octanol–water partition coefficient (Wildman–Crippen LogP) is 2.80. The maximum atomic E-state index is 13.3. The Hall–Kier alpha value is -0.940. The lowest BCUT2D eigenvalue weighted by Crippen LogP contribution is -2.51. The predicted molar refractivity (Wildman–Crippen MR) is 76.7 cm³/mol. The number of rotatable bonds is 2. The van der Waals surface area contributed by atoms with Crippen molar-refractivity contribution in [3.05, 3.63) is 34.1 Å². The van der Waals surface area contributed by atoms with Crippen LogP contribution in [0.3, 0.4) is 0 Å². The third-order valence-corrected chi connectivity index (χ3v) is 4.61. The van der Waals surface area contributed by atoms with Gasteiger partial charge in [-0.2, -0.15) is 0 Å². The van der Waals surface area contributed by atoms with Crippen molar-refractivity contribution in [3.63, 3.8) is 0 Å². The summed E-state index contributed by atoms with van der Waals surface area (Å²) in [6.45, 7) is 3.55. The molecule has 104 valence electrons. The Bertz CT molecular complexity index is 484. The molecule has 0 aliphatic carbocycles. The molecule has 0 aromatic heterocycles. The molecule has 1 heterocycles. The van der Waals surface area contributed by atoms with Gasteiger partial charge in [0.15, 0.2) is 0 Å². The second kappa shape index (κ2) is 5.59. The van der Waals surface area contributed by atoms with E-state index < -0.39 is 0 Å². The van der Waals surface area contributed by atoms with E-state index in [0.717, 1.165) is 12.8 Å². The Labute approximate surface area is 121 Å². The van der Waals surface area contributed by atoms with Crippen LogP contribution in [-0.4, -0.2) is 36.5 Å². The van der Waals surface area contributed by atoms with Crippen LogP contribution in [0.15, 0.2) is 22.7 Å². The van der Waals surface area contributed by atoms with E-state index in [1.54, 1.807) is 11.0 Å². The second-order valence-electron chi connectivity index (χ2n) is 5.23. The molecule has 1 amide bonds. The molecule has 3 nitrogen and oxygen atoms in total. The summed E-state index contributed by atoms with van der Waals surface area (Å²) in [6, 6.07) is 4.21. The van der Waals surface area contributed by atoms with Crippen LogP contribution in [-0.2, 0) is 0 Å². The number of hydrogen-bond acceptors (Lipinski definition) is 2. The molecule has 1 aromatic carbocycles. The van der Waals surface area contributed by atoms with Gasteiger partial charge in [0.25, 0.3) is 5.91 Å². The summed E-state index contributed by atoms with van der Waals surface area (Å²) < 4.78 is 13.9. The van der Waals surface area contributed by atoms with E-state index >= 15 is 0 Å². The van der Waals surface area contributed by atoms with E-state index in [-0.39, 0.29) is 17.3 Å². The standard InChI is InChI=1S/C14H18BrFN2O/c1-14(17-2)5-7-18(8-6-14)13(19)11-9-10(16)3-4-12(11)15/h3-4,9,17H,5-8H2,1-2H3. The zero-order valence-corrected chi connectivity index (χ0v) is 12.8. The molecule has 1 aliphatic heterocycles. The van der Waals surface area contributed by atoms with Crippen LogP contribution in [0.25, 0.3) is 0 Å². The fourth-order valence-electron chi connectivity index (χ4n) is 2.29. The third-order valence-electron chi connectivity index (χ3n) is 3.92. The van der Waals surface area contributed by atoms with E-state index in [0.29, 0.717) is 23.1 Å². The number of piperidine rings is 1. The summed E-state index contributed by atoms with van der Waals surface area (Å²) in [6.07, 6.45) is 1.81. The van der Waals surface area contributed by atoms with E-state index in [9.17, 15) is 9.18 Å². The number of benzene rings is 1. The first-order valence-electron chi connectivity index (χ1n) is 6.38. The number of likely N-dealkylation sites (tertiary alicyclic amines) is 1. The number of carbonyl (C=O) groups is 1. The van der Waals surface area contributed by atoms with Gasteiger partial charge in [-0.25, -0.2) is 4.39 Å². The van der Waals surface area contributed by atoms with Gasteiger partial charge in [0.1, 0.15) is 5.82 Å². The highest BCUT2D eigenvalue weighted by Crippen LogP contribution is 2.25. The summed E-state index contributed by atoms with van der Waals surface area (Å²) >= 11 is 3.31. The molecule has 1 saturated heterocycles. The second-order valence-corrected chi connectivity index (χ2v) is 6.08. The molecule has 1 aliphatic rings. The van der Waals surface area contributed by atoms with E-state index in [4.69, 9.17) is 0 Å². The van der Waals surface area contributed by atoms with E-state index in [1.807, 2.05) is 7.05 Å². The zero-order valence-electron chi connectivity index (χ0n) is 11.2. The van der Waals surface area contributed by atoms with Crippen LogP contribution in [0, 0.1) is 5.82 Å². The smallest absolute Gasteiger partial charge is 0.255 e. The van der Waals surface area contributed by atoms with Gasteiger partial charge in [-0.1, -0.05) is 0 Å². The average Bonchev–Trinajstić information content (AvgIpc) is 2.42. The van der Waals surface area contributed by atoms with Gasteiger partial charge in [0.2, 0.25) is 0 Å². The van der Waals surface area contributed by atoms with Crippen molar-refractivity contribution in [1.82, 2.24) is 10.2 Å². The normalized spacial score (nSPS) is 18.4. The Morgan fingerprint density at radius 2 is 2.05 bits per heavy atom. The number of hydrogen-bond donors (Lipinski definition) is 1. The van der Waals surface area contributed by atoms with Gasteiger partial charge in [-0.15, -0.1) is 0 Å². The van der Waals surface area contributed by atoms with Gasteiger partial charge < -0.3 is 10.2 Å². The maximum absolute atomic E-state index is 13.3. The van der Waals surface area contributed by atoms with Crippen LogP contribution >= 0.6 is 15.9 Å². The molecular formula is C14H18BrFN2O. The third kappa shape index (κ3) is 3.15. The first-order chi connectivity index (χ1) is 8.95. The minimum atomic E-state index is -0.386. The Morgan fingerprint density at radius 1 is 1.42 bits per heavy atom. The first-order valence-corrected chi connectivity index (χ1v) is 7.18. The number of carbonyl (C=O) groups excluding carboxylic acids is 1. The number of halogens is 2. The Morgan fingerprint density at radius 3 is 2.63 bits per heavy atom. The molecule has 0 spiro atoms. The molecule has 0 unspecified atom stereocenters. The first kappa shape index (κ1) is 14.5. The lowest BCUT2D eigenvalue weighted by molar-refractivity contribution is 0.0660. The molecule has 1 aromatic rings. The summed E-state index contributed by atoms with van der Waals surface area (Å²) in [7, 11) is 1.95. The molecule has 19 heavy (non-hydrogen) atoms. The van der Waals surface area contributed by atoms with E-state index in [2.05, 4.69) is 28.2 Å². The minimum Gasteiger partial charge on any atom is -0.338 e. The zero-order chi connectivity index (χ0) is 14.0. The molecular weight excluding hydrogens is 311 g/mol. The van der Waals surface area contributed by atoms with Crippen LogP contribution in [0.5, 0.6) is 0 Å². The summed E-state index contributed by atoms with van der Waals surface area (Å²) in [4.78, 5) is 14.2. The molecule has 1 fully saturated rings. The molecule has 2 rings (SSSR count). The van der Waals surface area contributed by atoms with Crippen LogP contribution in [0.1, 0.15) is 30.1 Å². The Balaban J connectivity index is 2.11. The van der Waals surface area contributed by atoms with Crippen LogP contribution in [0.4, 0.5) is 4.39 Å². The topological polar surface area (TPSA) is 32.3 Å². The van der Waals surface area contributed by atoms with Crippen molar-refractivity contribution in [2.45, 2.75) is 25.3 Å². The van der Waals surface area contributed by atoms with Crippen LogP contribution < -0.4 is 5.32 Å². The van der Waals surface area contributed by atoms with Gasteiger partial charge in [-0.05, 0) is 60.9 Å². The van der Waals surface area contributed by atoms with Crippen molar-refractivity contribution >= 4 is 21.8 Å². The monoisotopic (exact) mass is 328 g/mol. The lowest BCUT2D eigenvalue weighted by Gasteiger charge is -2.39. The number of nitrogens with one attached hydrogen (secondary N) is 1. The number of amides is 1. The molecule has 0 radical (unpaired) electrons. The SMILES string of the molecule is CNC1(C)CCN(C(=O)c2cc(F)ccc2Br)CC1. The van der Waals surface area contributed by atoms with Crippen molar-refractivity contribution in [2.24, 2.45) is 0 Å². The van der Waals surface area contributed by atoms with Crippen molar-refractivity contribution in [2.75, 3.05) is 20.1 Å². The van der Waals surface area contributed by atoms with Gasteiger partial charge in [0.05, 0.1) is 5.56 Å². The van der Waals surface area contributed by atoms with Gasteiger partial charge >= 0.3 is 0 Å². The quantitative estimate of drug-likeness (QED) is 0.905. The highest BCUT2D eigenvalue weighted by Gasteiger charge is 2.31. The molecule has 1 N–H and O–H groups in total. The van der Waals surface area contributed by atoms with Crippen molar-refractivity contribution in [1.29, 1.82) is 0 Å². The number of nitrogens with zero attached hydrogens (tertiary/aromatic N) is 1. The fourth-order valence-corrected chi connectivity index (χ4v) is 2.70. The van der Waals surface area contributed by atoms with Gasteiger partial charge in [-0.3, -0.25) is 4.79 Å². The molecule has 0 atom stereocenters. The van der Waals surface area contributed by atoms with Crippen molar-refractivity contribution < 1.29 is 9.18 Å². The largest absolute Gasteiger partial charge is 0.338 e. The molecule has 0 bridgehead atoms. The summed E-state index contributed by atoms with van der Waals surface area (Å²) in [5, 5.41) is 3.29. The van der Waals surface area contributed by atoms with Gasteiger partial charge in [0, 0.05) is 23.1 Å². The molecule has 5 heteroatoms.